The molecule has 0 radical (unpaired) electrons. The van der Waals surface area contributed by atoms with E-state index in [0.717, 1.165) is 12.1 Å². The number of benzene rings is 1. The Labute approximate surface area is 107 Å². The highest BCUT2D eigenvalue weighted by Gasteiger charge is 2.43. The fourth-order valence-electron chi connectivity index (χ4n) is 2.02. The summed E-state index contributed by atoms with van der Waals surface area (Å²) in [5.41, 5.74) is -2.47. The van der Waals surface area contributed by atoms with Gasteiger partial charge in [0.2, 0.25) is 0 Å². The highest BCUT2D eigenvalue weighted by molar-refractivity contribution is 5.81. The van der Waals surface area contributed by atoms with E-state index in [1.807, 2.05) is 0 Å². The molecule has 1 atom stereocenters. The van der Waals surface area contributed by atoms with Gasteiger partial charge >= 0.3 is 12.1 Å². The van der Waals surface area contributed by atoms with Crippen molar-refractivity contribution in [1.82, 2.24) is 5.32 Å². The SMILES string of the molecule is O=C(O)C1(c2cccc(C(F)(F)F)c2)COCCN1. The maximum Gasteiger partial charge on any atom is 0.416 e. The molecule has 4 nitrogen and oxygen atoms in total. The van der Waals surface area contributed by atoms with Crippen molar-refractivity contribution in [3.63, 3.8) is 0 Å². The van der Waals surface area contributed by atoms with E-state index in [1.165, 1.54) is 12.1 Å². The summed E-state index contributed by atoms with van der Waals surface area (Å²) in [6.45, 7) is 0.389. The molecule has 0 bridgehead atoms. The van der Waals surface area contributed by atoms with Crippen molar-refractivity contribution in [2.45, 2.75) is 11.7 Å². The molecule has 2 rings (SSSR count). The lowest BCUT2D eigenvalue weighted by Gasteiger charge is -2.34. The average Bonchev–Trinajstić information content (AvgIpc) is 2.38. The number of carboxylic acids is 1. The zero-order valence-electron chi connectivity index (χ0n) is 9.83. The van der Waals surface area contributed by atoms with E-state index >= 15 is 0 Å². The van der Waals surface area contributed by atoms with E-state index in [2.05, 4.69) is 5.32 Å². The summed E-state index contributed by atoms with van der Waals surface area (Å²) in [4.78, 5) is 11.4. The molecule has 19 heavy (non-hydrogen) atoms. The number of aliphatic carboxylic acids is 1. The number of halogens is 3. The summed E-state index contributed by atoms with van der Waals surface area (Å²) in [5, 5.41) is 12.0. The van der Waals surface area contributed by atoms with Crippen LogP contribution in [-0.4, -0.2) is 30.8 Å². The van der Waals surface area contributed by atoms with Crippen LogP contribution in [0.1, 0.15) is 11.1 Å². The third-order valence-corrected chi connectivity index (χ3v) is 3.04. The molecule has 1 heterocycles. The largest absolute Gasteiger partial charge is 0.480 e. The Morgan fingerprint density at radius 2 is 2.16 bits per heavy atom. The predicted octanol–water partition coefficient (Wildman–Crippen LogP) is 1.61. The Morgan fingerprint density at radius 3 is 2.68 bits per heavy atom. The van der Waals surface area contributed by atoms with Crippen molar-refractivity contribution >= 4 is 5.97 Å². The molecule has 1 aliphatic rings. The molecule has 1 aromatic carbocycles. The van der Waals surface area contributed by atoms with E-state index in [-0.39, 0.29) is 18.7 Å². The summed E-state index contributed by atoms with van der Waals surface area (Å²) in [6, 6.07) is 4.29. The number of hydrogen-bond acceptors (Lipinski definition) is 3. The molecule has 1 aliphatic heterocycles. The lowest BCUT2D eigenvalue weighted by Crippen LogP contribution is -2.57. The van der Waals surface area contributed by atoms with Crippen LogP contribution < -0.4 is 5.32 Å². The second-order valence-electron chi connectivity index (χ2n) is 4.27. The van der Waals surface area contributed by atoms with Crippen LogP contribution in [0.3, 0.4) is 0 Å². The van der Waals surface area contributed by atoms with Gasteiger partial charge < -0.3 is 9.84 Å². The van der Waals surface area contributed by atoms with Gasteiger partial charge in [-0.2, -0.15) is 13.2 Å². The number of rotatable bonds is 2. The van der Waals surface area contributed by atoms with E-state index in [4.69, 9.17) is 4.74 Å². The second kappa shape index (κ2) is 4.82. The van der Waals surface area contributed by atoms with Crippen molar-refractivity contribution in [3.8, 4) is 0 Å². The number of morpholine rings is 1. The zero-order valence-corrected chi connectivity index (χ0v) is 9.83. The molecule has 1 fully saturated rings. The van der Waals surface area contributed by atoms with Gasteiger partial charge in [0.05, 0.1) is 18.8 Å². The first-order valence-corrected chi connectivity index (χ1v) is 5.60. The quantitative estimate of drug-likeness (QED) is 0.861. The van der Waals surface area contributed by atoms with Gasteiger partial charge in [-0.05, 0) is 17.7 Å². The molecule has 0 spiro atoms. The molecule has 1 saturated heterocycles. The summed E-state index contributed by atoms with van der Waals surface area (Å²) in [5.74, 6) is -1.26. The summed E-state index contributed by atoms with van der Waals surface area (Å²) < 4.78 is 43.1. The van der Waals surface area contributed by atoms with Gasteiger partial charge in [0, 0.05) is 6.54 Å². The van der Waals surface area contributed by atoms with Crippen molar-refractivity contribution in [2.75, 3.05) is 19.8 Å². The van der Waals surface area contributed by atoms with Gasteiger partial charge in [-0.15, -0.1) is 0 Å². The van der Waals surface area contributed by atoms with Crippen molar-refractivity contribution in [3.05, 3.63) is 35.4 Å². The average molecular weight is 275 g/mol. The van der Waals surface area contributed by atoms with Crippen LogP contribution in [0.25, 0.3) is 0 Å². The van der Waals surface area contributed by atoms with E-state index in [1.54, 1.807) is 0 Å². The van der Waals surface area contributed by atoms with Gasteiger partial charge in [-0.3, -0.25) is 5.32 Å². The van der Waals surface area contributed by atoms with E-state index in [0.29, 0.717) is 6.61 Å². The summed E-state index contributed by atoms with van der Waals surface area (Å²) in [7, 11) is 0. The monoisotopic (exact) mass is 275 g/mol. The van der Waals surface area contributed by atoms with Gasteiger partial charge in [-0.1, -0.05) is 12.1 Å². The predicted molar refractivity (Wildman–Crippen MR) is 59.6 cm³/mol. The fraction of sp³-hybridized carbons (Fsp3) is 0.417. The number of hydrogen-bond donors (Lipinski definition) is 2. The molecule has 7 heteroatoms. The molecular weight excluding hydrogens is 263 g/mol. The Hall–Kier alpha value is -1.60. The first kappa shape index (κ1) is 13.8. The normalized spacial score (nSPS) is 24.2. The molecule has 1 unspecified atom stereocenters. The minimum atomic E-state index is -4.51. The molecule has 104 valence electrons. The Morgan fingerprint density at radius 1 is 1.42 bits per heavy atom. The lowest BCUT2D eigenvalue weighted by molar-refractivity contribution is -0.151. The van der Waals surface area contributed by atoms with Crippen LogP contribution >= 0.6 is 0 Å². The number of alkyl halides is 3. The smallest absolute Gasteiger partial charge is 0.416 e. The van der Waals surface area contributed by atoms with Crippen LogP contribution in [0.2, 0.25) is 0 Å². The van der Waals surface area contributed by atoms with Crippen molar-refractivity contribution < 1.29 is 27.8 Å². The van der Waals surface area contributed by atoms with Crippen molar-refractivity contribution in [2.24, 2.45) is 0 Å². The highest BCUT2D eigenvalue weighted by atomic mass is 19.4. The van der Waals surface area contributed by atoms with E-state index in [9.17, 15) is 23.1 Å². The molecule has 0 aromatic heterocycles. The minimum Gasteiger partial charge on any atom is -0.480 e. The Bertz CT molecular complexity index is 481. The number of nitrogens with one attached hydrogen (secondary N) is 1. The standard InChI is InChI=1S/C12H12F3NO3/c13-12(14,15)9-3-1-2-8(6-9)11(10(17)18)7-19-5-4-16-11/h1-3,6,16H,4-5,7H2,(H,17,18). The first-order valence-electron chi connectivity index (χ1n) is 5.60. The van der Waals surface area contributed by atoms with Crippen LogP contribution in [0, 0.1) is 0 Å². The van der Waals surface area contributed by atoms with E-state index < -0.39 is 23.2 Å². The Balaban J connectivity index is 2.46. The summed E-state index contributed by atoms with van der Waals surface area (Å²) >= 11 is 0. The minimum absolute atomic E-state index is 0.0366. The van der Waals surface area contributed by atoms with Gasteiger partial charge in [-0.25, -0.2) is 4.79 Å². The van der Waals surface area contributed by atoms with Gasteiger partial charge in [0.25, 0.3) is 0 Å². The third kappa shape index (κ3) is 2.57. The molecule has 0 amide bonds. The van der Waals surface area contributed by atoms with Crippen LogP contribution in [-0.2, 0) is 21.2 Å². The van der Waals surface area contributed by atoms with Gasteiger partial charge in [0.1, 0.15) is 0 Å². The van der Waals surface area contributed by atoms with Gasteiger partial charge in [0.15, 0.2) is 5.54 Å². The summed E-state index contributed by atoms with van der Waals surface area (Å²) in [6.07, 6.45) is -4.51. The van der Waals surface area contributed by atoms with Crippen LogP contribution in [0.15, 0.2) is 24.3 Å². The third-order valence-electron chi connectivity index (χ3n) is 3.04. The number of carbonyl (C=O) groups is 1. The fourth-order valence-corrected chi connectivity index (χ4v) is 2.02. The lowest BCUT2D eigenvalue weighted by atomic mass is 9.88. The number of ether oxygens (including phenoxy) is 1. The van der Waals surface area contributed by atoms with Crippen LogP contribution in [0.4, 0.5) is 13.2 Å². The second-order valence-corrected chi connectivity index (χ2v) is 4.27. The van der Waals surface area contributed by atoms with Crippen molar-refractivity contribution in [1.29, 1.82) is 0 Å². The Kier molecular flexibility index (Phi) is 3.51. The molecule has 1 aromatic rings. The first-order chi connectivity index (χ1) is 8.86. The topological polar surface area (TPSA) is 58.6 Å². The molecule has 0 saturated carbocycles. The maximum absolute atomic E-state index is 12.7. The molecular formula is C12H12F3NO3. The zero-order chi connectivity index (χ0) is 14.1. The highest BCUT2D eigenvalue weighted by Crippen LogP contribution is 2.33. The maximum atomic E-state index is 12.7. The molecule has 0 aliphatic carbocycles. The number of carboxylic acid groups (broad SMARTS) is 1. The molecule has 2 N–H and O–H groups in total. The van der Waals surface area contributed by atoms with Crippen LogP contribution in [0.5, 0.6) is 0 Å².